The summed E-state index contributed by atoms with van der Waals surface area (Å²) in [6.45, 7) is 6.14. The summed E-state index contributed by atoms with van der Waals surface area (Å²) in [5.41, 5.74) is 5.31. The van der Waals surface area contributed by atoms with Crippen molar-refractivity contribution in [2.24, 2.45) is 7.05 Å². The zero-order chi connectivity index (χ0) is 20.5. The number of nitrogens with one attached hydrogen (secondary N) is 1. The molecule has 0 fully saturated rings. The fourth-order valence-electron chi connectivity index (χ4n) is 3.53. The molecule has 5 nitrogen and oxygen atoms in total. The van der Waals surface area contributed by atoms with Crippen molar-refractivity contribution in [3.8, 4) is 11.1 Å². The third kappa shape index (κ3) is 3.90. The summed E-state index contributed by atoms with van der Waals surface area (Å²) in [7, 11) is 1.76. The molecule has 0 saturated carbocycles. The second kappa shape index (κ2) is 7.51. The number of aromatic nitrogens is 3. The summed E-state index contributed by atoms with van der Waals surface area (Å²) in [5.74, 6) is 1.54. The van der Waals surface area contributed by atoms with Crippen molar-refractivity contribution in [1.29, 1.82) is 0 Å². The number of fused-ring (bicyclic) bond motifs is 1. The van der Waals surface area contributed by atoms with Crippen LogP contribution >= 0.6 is 0 Å². The lowest BCUT2D eigenvalue weighted by atomic mass is 10.0. The number of anilines is 1. The Labute approximate surface area is 170 Å². The van der Waals surface area contributed by atoms with E-state index in [1.807, 2.05) is 31.3 Å². The van der Waals surface area contributed by atoms with Crippen LogP contribution in [0.15, 0.2) is 65.6 Å². The molecule has 2 heterocycles. The first-order valence-electron chi connectivity index (χ1n) is 9.69. The highest BCUT2D eigenvalue weighted by Gasteiger charge is 2.12. The summed E-state index contributed by atoms with van der Waals surface area (Å²) in [6.07, 6.45) is 1.85. The zero-order valence-electron chi connectivity index (χ0n) is 17.1. The van der Waals surface area contributed by atoms with E-state index in [9.17, 15) is 4.79 Å². The summed E-state index contributed by atoms with van der Waals surface area (Å²) < 4.78 is 1.59. The largest absolute Gasteiger partial charge is 0.363 e. The third-order valence-electron chi connectivity index (χ3n) is 5.12. The van der Waals surface area contributed by atoms with Crippen molar-refractivity contribution in [3.05, 3.63) is 88.1 Å². The highest BCUT2D eigenvalue weighted by Crippen LogP contribution is 2.29. The molecule has 4 rings (SSSR count). The van der Waals surface area contributed by atoms with E-state index in [4.69, 9.17) is 0 Å². The maximum absolute atomic E-state index is 11.7. The Morgan fingerprint density at radius 3 is 2.52 bits per heavy atom. The van der Waals surface area contributed by atoms with Crippen LogP contribution in [0.25, 0.3) is 22.0 Å². The first kappa shape index (κ1) is 18.9. The molecule has 0 radical (unpaired) electrons. The molecule has 1 N–H and O–H groups in total. The third-order valence-corrected chi connectivity index (χ3v) is 5.12. The topological polar surface area (TPSA) is 59.8 Å². The Hall–Kier alpha value is -3.47. The number of hydrogen-bond acceptors (Lipinski definition) is 4. The van der Waals surface area contributed by atoms with E-state index in [0.29, 0.717) is 0 Å². The van der Waals surface area contributed by atoms with E-state index in [-0.39, 0.29) is 11.6 Å². The maximum Gasteiger partial charge on any atom is 0.250 e. The summed E-state index contributed by atoms with van der Waals surface area (Å²) in [4.78, 5) is 21.0. The standard InChI is InChI=1S/C24H24N4O/c1-15-6-5-7-18(12-15)16(2)25-24-21-13-19(8-10-22(21)26-17(3)27-24)20-9-11-23(29)28(4)14-20/h5-14,16H,1-4H3,(H,25,26,27)/t16-/m1/s1. The molecule has 0 amide bonds. The minimum Gasteiger partial charge on any atom is -0.363 e. The van der Waals surface area contributed by atoms with Crippen molar-refractivity contribution in [2.45, 2.75) is 26.8 Å². The lowest BCUT2D eigenvalue weighted by Gasteiger charge is -2.18. The van der Waals surface area contributed by atoms with Gasteiger partial charge in [-0.1, -0.05) is 35.9 Å². The van der Waals surface area contributed by atoms with Gasteiger partial charge in [-0.05, 0) is 55.7 Å². The molecular formula is C24H24N4O. The van der Waals surface area contributed by atoms with Gasteiger partial charge in [0, 0.05) is 30.7 Å². The summed E-state index contributed by atoms with van der Waals surface area (Å²) in [6, 6.07) is 18.1. The fourth-order valence-corrected chi connectivity index (χ4v) is 3.53. The predicted octanol–water partition coefficient (Wildman–Crippen LogP) is 4.79. The van der Waals surface area contributed by atoms with Crippen molar-refractivity contribution >= 4 is 16.7 Å². The molecule has 0 unspecified atom stereocenters. The molecule has 5 heteroatoms. The van der Waals surface area contributed by atoms with Gasteiger partial charge in [-0.25, -0.2) is 9.97 Å². The SMILES string of the molecule is Cc1cccc([C@@H](C)Nc2nc(C)nc3ccc(-c4ccc(=O)n(C)c4)cc23)c1. The van der Waals surface area contributed by atoms with Crippen LogP contribution in [0.1, 0.15) is 29.9 Å². The number of pyridine rings is 1. The van der Waals surface area contributed by atoms with Crippen molar-refractivity contribution in [2.75, 3.05) is 5.32 Å². The van der Waals surface area contributed by atoms with Crippen LogP contribution in [0.3, 0.4) is 0 Å². The van der Waals surface area contributed by atoms with Crippen LogP contribution in [-0.2, 0) is 7.05 Å². The minimum atomic E-state index is -0.0252. The van der Waals surface area contributed by atoms with E-state index in [1.54, 1.807) is 17.7 Å². The second-order valence-electron chi connectivity index (χ2n) is 7.50. The monoisotopic (exact) mass is 384 g/mol. The average Bonchev–Trinajstić information content (AvgIpc) is 2.69. The number of rotatable bonds is 4. The number of benzene rings is 2. The van der Waals surface area contributed by atoms with Crippen LogP contribution in [0.2, 0.25) is 0 Å². The molecule has 0 spiro atoms. The predicted molar refractivity (Wildman–Crippen MR) is 118 cm³/mol. The van der Waals surface area contributed by atoms with Crippen molar-refractivity contribution in [1.82, 2.24) is 14.5 Å². The van der Waals surface area contributed by atoms with Gasteiger partial charge < -0.3 is 9.88 Å². The van der Waals surface area contributed by atoms with Crippen LogP contribution in [0, 0.1) is 13.8 Å². The minimum absolute atomic E-state index is 0.0252. The average molecular weight is 384 g/mol. The summed E-state index contributed by atoms with van der Waals surface area (Å²) >= 11 is 0. The lowest BCUT2D eigenvalue weighted by molar-refractivity contribution is 0.862. The Morgan fingerprint density at radius 1 is 0.966 bits per heavy atom. The Kier molecular flexibility index (Phi) is 4.89. The molecule has 2 aromatic carbocycles. The van der Waals surface area contributed by atoms with Crippen molar-refractivity contribution in [3.63, 3.8) is 0 Å². The van der Waals surface area contributed by atoms with Crippen LogP contribution in [0.4, 0.5) is 5.82 Å². The molecule has 0 bridgehead atoms. The highest BCUT2D eigenvalue weighted by atomic mass is 16.1. The Bertz CT molecular complexity index is 1260. The van der Waals surface area contributed by atoms with Gasteiger partial charge in [-0.3, -0.25) is 4.79 Å². The van der Waals surface area contributed by atoms with E-state index < -0.39 is 0 Å². The van der Waals surface area contributed by atoms with Crippen LogP contribution < -0.4 is 10.9 Å². The molecule has 146 valence electrons. The first-order valence-corrected chi connectivity index (χ1v) is 9.69. The number of nitrogens with zero attached hydrogens (tertiary/aromatic N) is 3. The van der Waals surface area contributed by atoms with E-state index in [1.165, 1.54) is 11.1 Å². The smallest absolute Gasteiger partial charge is 0.250 e. The maximum atomic E-state index is 11.7. The van der Waals surface area contributed by atoms with Gasteiger partial charge in [0.15, 0.2) is 0 Å². The zero-order valence-corrected chi connectivity index (χ0v) is 17.1. The first-order chi connectivity index (χ1) is 13.9. The van der Waals surface area contributed by atoms with Gasteiger partial charge in [0.05, 0.1) is 5.52 Å². The fraction of sp³-hybridized carbons (Fsp3) is 0.208. The van der Waals surface area contributed by atoms with Crippen molar-refractivity contribution < 1.29 is 0 Å². The van der Waals surface area contributed by atoms with E-state index >= 15 is 0 Å². The lowest BCUT2D eigenvalue weighted by Crippen LogP contribution is -2.13. The normalized spacial score (nSPS) is 12.1. The van der Waals surface area contributed by atoms with Gasteiger partial charge >= 0.3 is 0 Å². The van der Waals surface area contributed by atoms with Crippen LogP contribution in [-0.4, -0.2) is 14.5 Å². The Morgan fingerprint density at radius 2 is 1.76 bits per heavy atom. The molecule has 1 atom stereocenters. The van der Waals surface area contributed by atoms with E-state index in [2.05, 4.69) is 59.5 Å². The number of hydrogen-bond donors (Lipinski definition) is 1. The molecule has 0 saturated heterocycles. The molecule has 0 aliphatic heterocycles. The summed E-state index contributed by atoms with van der Waals surface area (Å²) in [5, 5.41) is 4.52. The molecular weight excluding hydrogens is 360 g/mol. The molecule has 0 aliphatic carbocycles. The number of aryl methyl sites for hydroxylation is 3. The molecule has 2 aromatic heterocycles. The van der Waals surface area contributed by atoms with Gasteiger partial charge in [-0.2, -0.15) is 0 Å². The highest BCUT2D eigenvalue weighted by molar-refractivity contribution is 5.92. The molecule has 0 aliphatic rings. The quantitative estimate of drug-likeness (QED) is 0.550. The Balaban J connectivity index is 1.78. The second-order valence-corrected chi connectivity index (χ2v) is 7.50. The van der Waals surface area contributed by atoms with Gasteiger partial charge in [0.1, 0.15) is 11.6 Å². The van der Waals surface area contributed by atoms with E-state index in [0.717, 1.165) is 33.7 Å². The van der Waals surface area contributed by atoms with Gasteiger partial charge in [0.25, 0.3) is 0 Å². The molecule has 29 heavy (non-hydrogen) atoms. The van der Waals surface area contributed by atoms with Gasteiger partial charge in [-0.15, -0.1) is 0 Å². The van der Waals surface area contributed by atoms with Crippen LogP contribution in [0.5, 0.6) is 0 Å². The molecule has 4 aromatic rings. The van der Waals surface area contributed by atoms with Gasteiger partial charge in [0.2, 0.25) is 5.56 Å².